The highest BCUT2D eigenvalue weighted by molar-refractivity contribution is 6.99. The first kappa shape index (κ1) is 37.1. The first-order valence-electron chi connectivity index (χ1n) is 19.6. The molecule has 0 bridgehead atoms. The molecule has 0 aliphatic carbocycles. The molecule has 274 valence electrons. The average molecular weight is 702 g/mol. The van der Waals surface area contributed by atoms with E-state index in [1.807, 2.05) is 0 Å². The Hall–Kier alpha value is -4.24. The fourth-order valence-corrected chi connectivity index (χ4v) is 8.30. The van der Waals surface area contributed by atoms with Gasteiger partial charge in [-0.05, 0) is 113 Å². The predicted molar refractivity (Wildman–Crippen MR) is 231 cm³/mol. The van der Waals surface area contributed by atoms with Crippen molar-refractivity contribution in [3.63, 3.8) is 0 Å². The zero-order valence-corrected chi connectivity index (χ0v) is 35.1. The third kappa shape index (κ3) is 6.53. The van der Waals surface area contributed by atoms with E-state index >= 15 is 0 Å². The molecular formula is C50H60BNO. The van der Waals surface area contributed by atoms with Crippen molar-refractivity contribution in [2.24, 2.45) is 0 Å². The standard InChI is InChI=1S/C50H60BNO/c1-46(2,3)32-20-24-40(35(28-32)31-19-23-36(49(10,11)12)37(27-31)50(13,14)15)52-41-25-21-33(47(4,5)6)29-38(41)51-39-30-34(48(7,8)9)22-26-43(39)53-44-18-16-17-42(52)45(44)51/h16-30H,1-15H3. The minimum Gasteiger partial charge on any atom is -0.458 e. The van der Waals surface area contributed by atoms with Gasteiger partial charge in [-0.25, -0.2) is 0 Å². The number of rotatable bonds is 2. The molecule has 5 aromatic carbocycles. The lowest BCUT2D eigenvalue weighted by atomic mass is 9.34. The molecule has 0 amide bonds. The third-order valence-electron chi connectivity index (χ3n) is 11.5. The summed E-state index contributed by atoms with van der Waals surface area (Å²) in [6.45, 7) is 34.9. The number of fused-ring (bicyclic) bond motifs is 4. The van der Waals surface area contributed by atoms with Gasteiger partial charge < -0.3 is 9.64 Å². The minimum absolute atomic E-state index is 0.00140. The highest BCUT2D eigenvalue weighted by Gasteiger charge is 2.43. The number of ether oxygens (including phenoxy) is 1. The van der Waals surface area contributed by atoms with Crippen molar-refractivity contribution in [3.8, 4) is 22.6 Å². The summed E-state index contributed by atoms with van der Waals surface area (Å²) >= 11 is 0. The van der Waals surface area contributed by atoms with Crippen LogP contribution >= 0.6 is 0 Å². The van der Waals surface area contributed by atoms with Crippen LogP contribution in [0.25, 0.3) is 11.1 Å². The van der Waals surface area contributed by atoms with Crippen LogP contribution in [-0.2, 0) is 27.1 Å². The number of anilines is 3. The second kappa shape index (κ2) is 12.1. The van der Waals surface area contributed by atoms with Gasteiger partial charge in [-0.3, -0.25) is 0 Å². The molecule has 0 N–H and O–H groups in total. The Balaban J connectivity index is 1.55. The van der Waals surface area contributed by atoms with Crippen LogP contribution < -0.4 is 26.0 Å². The number of nitrogens with zero attached hydrogens (tertiary/aromatic N) is 1. The van der Waals surface area contributed by atoms with Crippen LogP contribution in [0.4, 0.5) is 17.1 Å². The molecule has 0 unspecified atom stereocenters. The maximum atomic E-state index is 6.84. The van der Waals surface area contributed by atoms with Gasteiger partial charge in [0.05, 0.1) is 5.69 Å². The smallest absolute Gasteiger partial charge is 0.256 e. The Morgan fingerprint density at radius 3 is 1.57 bits per heavy atom. The van der Waals surface area contributed by atoms with E-state index in [-0.39, 0.29) is 33.8 Å². The van der Waals surface area contributed by atoms with E-state index in [2.05, 4.69) is 200 Å². The molecule has 0 radical (unpaired) electrons. The van der Waals surface area contributed by atoms with Crippen LogP contribution in [0.5, 0.6) is 11.5 Å². The van der Waals surface area contributed by atoms with E-state index in [9.17, 15) is 0 Å². The summed E-state index contributed by atoms with van der Waals surface area (Å²) in [5.41, 5.74) is 16.8. The lowest BCUT2D eigenvalue weighted by Crippen LogP contribution is -2.59. The van der Waals surface area contributed by atoms with Gasteiger partial charge in [-0.2, -0.15) is 0 Å². The highest BCUT2D eigenvalue weighted by atomic mass is 16.5. The molecule has 53 heavy (non-hydrogen) atoms. The lowest BCUT2D eigenvalue weighted by molar-refractivity contribution is 0.486. The van der Waals surface area contributed by atoms with Crippen molar-refractivity contribution >= 4 is 40.2 Å². The van der Waals surface area contributed by atoms with Gasteiger partial charge in [0.25, 0.3) is 6.71 Å². The third-order valence-corrected chi connectivity index (χ3v) is 11.5. The van der Waals surface area contributed by atoms with Crippen molar-refractivity contribution in [1.82, 2.24) is 0 Å². The van der Waals surface area contributed by atoms with Crippen molar-refractivity contribution < 1.29 is 4.74 Å². The molecule has 0 saturated carbocycles. The summed E-state index contributed by atoms with van der Waals surface area (Å²) in [7, 11) is 0. The summed E-state index contributed by atoms with van der Waals surface area (Å²) in [6.07, 6.45) is 0. The molecule has 2 aliphatic rings. The van der Waals surface area contributed by atoms with Gasteiger partial charge in [0, 0.05) is 16.9 Å². The molecule has 0 aromatic heterocycles. The van der Waals surface area contributed by atoms with Crippen LogP contribution in [0.3, 0.4) is 0 Å². The number of hydrogen-bond acceptors (Lipinski definition) is 2. The normalized spacial score (nSPS) is 14.4. The van der Waals surface area contributed by atoms with E-state index in [0.717, 1.165) is 11.5 Å². The van der Waals surface area contributed by atoms with Gasteiger partial charge in [-0.15, -0.1) is 0 Å². The van der Waals surface area contributed by atoms with Gasteiger partial charge >= 0.3 is 0 Å². The second-order valence-electron chi connectivity index (χ2n) is 20.8. The van der Waals surface area contributed by atoms with Crippen LogP contribution in [0.1, 0.15) is 132 Å². The molecule has 3 heteroatoms. The maximum absolute atomic E-state index is 6.84. The second-order valence-corrected chi connectivity index (χ2v) is 20.8. The van der Waals surface area contributed by atoms with E-state index in [1.165, 1.54) is 72.4 Å². The first-order valence-corrected chi connectivity index (χ1v) is 19.6. The summed E-state index contributed by atoms with van der Waals surface area (Å²) in [4.78, 5) is 2.54. The quantitative estimate of drug-likeness (QED) is 0.166. The number of hydrogen-bond donors (Lipinski definition) is 0. The average Bonchev–Trinajstić information content (AvgIpc) is 3.05. The van der Waals surface area contributed by atoms with E-state index in [1.54, 1.807) is 0 Å². The fraction of sp³-hybridized carbons (Fsp3) is 0.400. The van der Waals surface area contributed by atoms with Crippen LogP contribution in [0.15, 0.2) is 91.0 Å². The Bertz CT molecular complexity index is 2240. The summed E-state index contributed by atoms with van der Waals surface area (Å²) < 4.78 is 6.84. The minimum atomic E-state index is -0.0101. The first-order chi connectivity index (χ1) is 24.4. The molecule has 0 atom stereocenters. The Labute approximate surface area is 321 Å². The predicted octanol–water partition coefficient (Wildman–Crippen LogP) is 12.2. The van der Waals surface area contributed by atoms with Crippen molar-refractivity contribution in [2.75, 3.05) is 4.90 Å². The number of benzene rings is 5. The van der Waals surface area contributed by atoms with Crippen molar-refractivity contribution in [3.05, 3.63) is 119 Å². The van der Waals surface area contributed by atoms with Crippen LogP contribution in [-0.4, -0.2) is 6.71 Å². The molecule has 0 fully saturated rings. The largest absolute Gasteiger partial charge is 0.458 e. The Morgan fingerprint density at radius 2 is 0.981 bits per heavy atom. The summed E-state index contributed by atoms with van der Waals surface area (Å²) in [5, 5.41) is 0. The summed E-state index contributed by atoms with van der Waals surface area (Å²) in [5.74, 6) is 1.90. The molecule has 0 saturated heterocycles. The van der Waals surface area contributed by atoms with Gasteiger partial charge in [-0.1, -0.05) is 158 Å². The molecule has 2 nitrogen and oxygen atoms in total. The molecule has 0 spiro atoms. The van der Waals surface area contributed by atoms with Gasteiger partial charge in [0.15, 0.2) is 0 Å². The monoisotopic (exact) mass is 701 g/mol. The summed E-state index contributed by atoms with van der Waals surface area (Å²) in [6, 6.07) is 35.1. The van der Waals surface area contributed by atoms with Crippen LogP contribution in [0, 0.1) is 0 Å². The molecule has 2 aliphatic heterocycles. The zero-order valence-electron chi connectivity index (χ0n) is 35.1. The SMILES string of the molecule is CC(C)(C)c1ccc2c(c1)B1c3cc(C(C)(C)C)ccc3N(c3ccc(C(C)(C)C)cc3-c3ccc(C(C)(C)C)c(C(C)(C)C)c3)c3cccc(c31)O2. The topological polar surface area (TPSA) is 12.5 Å². The lowest BCUT2D eigenvalue weighted by Gasteiger charge is -2.41. The highest BCUT2D eigenvalue weighted by Crippen LogP contribution is 2.47. The van der Waals surface area contributed by atoms with E-state index in [4.69, 9.17) is 4.74 Å². The van der Waals surface area contributed by atoms with Crippen molar-refractivity contribution in [2.45, 2.75) is 131 Å². The van der Waals surface area contributed by atoms with E-state index in [0.29, 0.717) is 0 Å². The Kier molecular flexibility index (Phi) is 8.50. The van der Waals surface area contributed by atoms with Crippen LogP contribution in [0.2, 0.25) is 0 Å². The van der Waals surface area contributed by atoms with Gasteiger partial charge in [0.2, 0.25) is 0 Å². The van der Waals surface area contributed by atoms with Gasteiger partial charge in [0.1, 0.15) is 11.5 Å². The zero-order chi connectivity index (χ0) is 38.6. The molecule has 5 aromatic rings. The van der Waals surface area contributed by atoms with E-state index < -0.39 is 0 Å². The van der Waals surface area contributed by atoms with Crippen molar-refractivity contribution in [1.29, 1.82) is 0 Å². The fourth-order valence-electron chi connectivity index (χ4n) is 8.30. The maximum Gasteiger partial charge on any atom is 0.256 e. The molecule has 7 rings (SSSR count). The molecule has 2 heterocycles. The molecular weight excluding hydrogens is 641 g/mol. The Morgan fingerprint density at radius 1 is 0.434 bits per heavy atom.